The van der Waals surface area contributed by atoms with E-state index in [1.165, 1.54) is 0 Å². The van der Waals surface area contributed by atoms with Crippen molar-refractivity contribution in [2.45, 2.75) is 30.8 Å². The summed E-state index contributed by atoms with van der Waals surface area (Å²) in [5, 5.41) is 45.3. The predicted molar refractivity (Wildman–Crippen MR) is 39.2 cm³/mol. The fourth-order valence-electron chi connectivity index (χ4n) is 1.48. The van der Waals surface area contributed by atoms with Crippen molar-refractivity contribution < 1.29 is 25.5 Å². The Labute approximate surface area is 69.9 Å². The largest absolute Gasteiger partial charge is 0.396 e. The molecule has 1 aliphatic carbocycles. The molecular formula is C7H14O5. The molecule has 1 rings (SSSR count). The van der Waals surface area contributed by atoms with Crippen LogP contribution in [0, 0.1) is 5.92 Å². The van der Waals surface area contributed by atoms with Crippen molar-refractivity contribution in [1.29, 1.82) is 0 Å². The summed E-state index contributed by atoms with van der Waals surface area (Å²) in [5.74, 6) is -0.557. The van der Waals surface area contributed by atoms with E-state index in [2.05, 4.69) is 0 Å². The minimum absolute atomic E-state index is 0.107. The molecule has 0 amide bonds. The second kappa shape index (κ2) is 3.68. The molecule has 5 nitrogen and oxygen atoms in total. The van der Waals surface area contributed by atoms with Gasteiger partial charge >= 0.3 is 0 Å². The van der Waals surface area contributed by atoms with E-state index in [-0.39, 0.29) is 13.0 Å². The topological polar surface area (TPSA) is 101 Å². The Kier molecular flexibility index (Phi) is 3.03. The molecule has 0 saturated heterocycles. The summed E-state index contributed by atoms with van der Waals surface area (Å²) in [4.78, 5) is 0. The first-order chi connectivity index (χ1) is 5.57. The van der Waals surface area contributed by atoms with Crippen molar-refractivity contribution >= 4 is 0 Å². The van der Waals surface area contributed by atoms with Gasteiger partial charge in [-0.05, 0) is 6.42 Å². The standard InChI is InChI=1S/C7H14O5/c8-2-3-1-4(9)6(11)7(12)5(3)10/h3-12H,1-2H2/t3-,4-,5-,6-,7+/m0/s1. The lowest BCUT2D eigenvalue weighted by atomic mass is 9.81. The van der Waals surface area contributed by atoms with Crippen molar-refractivity contribution in [1.82, 2.24) is 0 Å². The Morgan fingerprint density at radius 1 is 0.917 bits per heavy atom. The Balaban J connectivity index is 2.63. The van der Waals surface area contributed by atoms with E-state index in [4.69, 9.17) is 20.4 Å². The molecule has 0 aromatic heterocycles. The SMILES string of the molecule is OC[C@@H]1C[C@H](O)[C@H](O)[C@H](O)[C@H]1O. The van der Waals surface area contributed by atoms with E-state index in [0.717, 1.165) is 0 Å². The van der Waals surface area contributed by atoms with E-state index in [1.807, 2.05) is 0 Å². The second-order valence-corrected chi connectivity index (χ2v) is 3.22. The summed E-state index contributed by atoms with van der Waals surface area (Å²) in [5.41, 5.74) is 0. The first-order valence-electron chi connectivity index (χ1n) is 3.91. The quantitative estimate of drug-likeness (QED) is 0.304. The van der Waals surface area contributed by atoms with Crippen molar-refractivity contribution in [2.24, 2.45) is 5.92 Å². The van der Waals surface area contributed by atoms with Crippen LogP contribution in [0.5, 0.6) is 0 Å². The van der Waals surface area contributed by atoms with Gasteiger partial charge < -0.3 is 25.5 Å². The van der Waals surface area contributed by atoms with Gasteiger partial charge in [-0.15, -0.1) is 0 Å². The third-order valence-corrected chi connectivity index (χ3v) is 2.36. The fraction of sp³-hybridized carbons (Fsp3) is 1.00. The van der Waals surface area contributed by atoms with Gasteiger partial charge in [0.2, 0.25) is 0 Å². The zero-order valence-electron chi connectivity index (χ0n) is 6.54. The average molecular weight is 178 g/mol. The van der Waals surface area contributed by atoms with E-state index >= 15 is 0 Å². The van der Waals surface area contributed by atoms with Gasteiger partial charge in [0, 0.05) is 12.5 Å². The average Bonchev–Trinajstić information content (AvgIpc) is 2.08. The normalized spacial score (nSPS) is 49.2. The fourth-order valence-corrected chi connectivity index (χ4v) is 1.48. The molecule has 0 unspecified atom stereocenters. The van der Waals surface area contributed by atoms with Crippen LogP contribution in [-0.4, -0.2) is 56.6 Å². The van der Waals surface area contributed by atoms with Crippen molar-refractivity contribution in [2.75, 3.05) is 6.61 Å². The molecule has 12 heavy (non-hydrogen) atoms. The molecule has 72 valence electrons. The molecule has 0 radical (unpaired) electrons. The number of hydrogen-bond donors (Lipinski definition) is 5. The number of hydrogen-bond acceptors (Lipinski definition) is 5. The molecule has 1 fully saturated rings. The molecule has 1 aliphatic rings. The maximum absolute atomic E-state index is 9.24. The number of rotatable bonds is 1. The Morgan fingerprint density at radius 2 is 1.50 bits per heavy atom. The van der Waals surface area contributed by atoms with Gasteiger partial charge in [0.15, 0.2) is 0 Å². The van der Waals surface area contributed by atoms with Crippen molar-refractivity contribution in [3.05, 3.63) is 0 Å². The van der Waals surface area contributed by atoms with E-state index in [9.17, 15) is 5.11 Å². The molecule has 0 bridgehead atoms. The molecule has 5 atom stereocenters. The summed E-state index contributed by atoms with van der Waals surface area (Å²) in [6.45, 7) is -0.304. The van der Waals surface area contributed by atoms with Crippen LogP contribution in [0.1, 0.15) is 6.42 Å². The highest BCUT2D eigenvalue weighted by molar-refractivity contribution is 4.91. The highest BCUT2D eigenvalue weighted by Gasteiger charge is 2.41. The molecule has 0 aromatic carbocycles. The van der Waals surface area contributed by atoms with Crippen LogP contribution in [0.25, 0.3) is 0 Å². The van der Waals surface area contributed by atoms with Crippen LogP contribution < -0.4 is 0 Å². The molecule has 5 heteroatoms. The molecule has 0 aromatic rings. The molecule has 1 saturated carbocycles. The number of aliphatic hydroxyl groups is 5. The maximum Gasteiger partial charge on any atom is 0.109 e. The summed E-state index contributed by atoms with van der Waals surface area (Å²) in [6, 6.07) is 0. The highest BCUT2D eigenvalue weighted by Crippen LogP contribution is 2.25. The van der Waals surface area contributed by atoms with Gasteiger partial charge in [0.05, 0.1) is 12.2 Å². The summed E-state index contributed by atoms with van der Waals surface area (Å²) in [6.07, 6.45) is -4.81. The van der Waals surface area contributed by atoms with Gasteiger partial charge in [-0.3, -0.25) is 0 Å². The van der Waals surface area contributed by atoms with Crippen LogP contribution in [0.3, 0.4) is 0 Å². The van der Waals surface area contributed by atoms with Crippen molar-refractivity contribution in [3.8, 4) is 0 Å². The molecule has 0 aliphatic heterocycles. The van der Waals surface area contributed by atoms with Crippen LogP contribution >= 0.6 is 0 Å². The van der Waals surface area contributed by atoms with Crippen LogP contribution in [0.4, 0.5) is 0 Å². The van der Waals surface area contributed by atoms with E-state index < -0.39 is 30.3 Å². The predicted octanol–water partition coefficient (Wildman–Crippen LogP) is -2.56. The lowest BCUT2D eigenvalue weighted by molar-refractivity contribution is -0.163. The van der Waals surface area contributed by atoms with Crippen LogP contribution in [-0.2, 0) is 0 Å². The monoisotopic (exact) mass is 178 g/mol. The zero-order valence-corrected chi connectivity index (χ0v) is 6.54. The van der Waals surface area contributed by atoms with Gasteiger partial charge in [-0.2, -0.15) is 0 Å². The van der Waals surface area contributed by atoms with Gasteiger partial charge in [0.25, 0.3) is 0 Å². The first kappa shape index (κ1) is 9.88. The van der Waals surface area contributed by atoms with E-state index in [0.29, 0.717) is 0 Å². The third kappa shape index (κ3) is 1.60. The van der Waals surface area contributed by atoms with Gasteiger partial charge in [-0.1, -0.05) is 0 Å². The Bertz CT molecular complexity index is 146. The highest BCUT2D eigenvalue weighted by atomic mass is 16.4. The third-order valence-electron chi connectivity index (χ3n) is 2.36. The van der Waals surface area contributed by atoms with Gasteiger partial charge in [-0.25, -0.2) is 0 Å². The zero-order chi connectivity index (χ0) is 9.30. The molecule has 0 heterocycles. The first-order valence-corrected chi connectivity index (χ1v) is 3.91. The van der Waals surface area contributed by atoms with Crippen LogP contribution in [0.2, 0.25) is 0 Å². The summed E-state index contributed by atoms with van der Waals surface area (Å²) >= 11 is 0. The minimum Gasteiger partial charge on any atom is -0.396 e. The Hall–Kier alpha value is -0.200. The molecule has 5 N–H and O–H groups in total. The Morgan fingerprint density at radius 3 is 2.00 bits per heavy atom. The summed E-state index contributed by atoms with van der Waals surface area (Å²) in [7, 11) is 0. The smallest absolute Gasteiger partial charge is 0.109 e. The molecular weight excluding hydrogens is 164 g/mol. The van der Waals surface area contributed by atoms with E-state index in [1.54, 1.807) is 0 Å². The number of aliphatic hydroxyl groups excluding tert-OH is 5. The van der Waals surface area contributed by atoms with Crippen LogP contribution in [0.15, 0.2) is 0 Å². The molecule has 0 spiro atoms. The summed E-state index contributed by atoms with van der Waals surface area (Å²) < 4.78 is 0. The van der Waals surface area contributed by atoms with Gasteiger partial charge in [0.1, 0.15) is 12.2 Å². The lowest BCUT2D eigenvalue weighted by Crippen LogP contribution is -2.54. The second-order valence-electron chi connectivity index (χ2n) is 3.22. The maximum atomic E-state index is 9.24. The van der Waals surface area contributed by atoms with Crippen molar-refractivity contribution in [3.63, 3.8) is 0 Å². The lowest BCUT2D eigenvalue weighted by Gasteiger charge is -2.37. The minimum atomic E-state index is -1.37.